The Balaban J connectivity index is 0.00000144. The lowest BCUT2D eigenvalue weighted by Crippen LogP contribution is -1.90. The molecule has 0 saturated carbocycles. The minimum atomic E-state index is 0. The van der Waals surface area contributed by atoms with Crippen LogP contribution in [0.5, 0.6) is 0 Å². The van der Waals surface area contributed by atoms with E-state index in [4.69, 9.17) is 0 Å². The fraction of sp³-hybridized carbons (Fsp3) is 0.500. The second-order valence-electron chi connectivity index (χ2n) is 3.98. The molecule has 1 aromatic rings. The molecule has 0 heteroatoms. The molecule has 1 rings (SSSR count). The Bertz CT molecular complexity index is 207. The van der Waals surface area contributed by atoms with Crippen LogP contribution in [0.1, 0.15) is 52.1 Å². The summed E-state index contributed by atoms with van der Waals surface area (Å²) in [7, 11) is 0. The predicted molar refractivity (Wildman–Crippen MR) is 55.7 cm³/mol. The van der Waals surface area contributed by atoms with Crippen molar-refractivity contribution >= 4 is 0 Å². The number of hydrogen-bond acceptors (Lipinski definition) is 0. The van der Waals surface area contributed by atoms with Crippen molar-refractivity contribution in [3.8, 4) is 0 Å². The van der Waals surface area contributed by atoms with Crippen LogP contribution in [0.2, 0.25) is 0 Å². The summed E-state index contributed by atoms with van der Waals surface area (Å²) in [5, 5.41) is 0. The molecule has 1 aromatic carbocycles. The van der Waals surface area contributed by atoms with Crippen LogP contribution < -0.4 is 0 Å². The van der Waals surface area contributed by atoms with Gasteiger partial charge in [-0.15, -0.1) is 0 Å². The monoisotopic (exact) mass is 163 g/mol. The van der Waals surface area contributed by atoms with Crippen molar-refractivity contribution in [3.05, 3.63) is 35.4 Å². The van der Waals surface area contributed by atoms with Crippen LogP contribution in [0.15, 0.2) is 24.3 Å². The zero-order valence-electron chi connectivity index (χ0n) is 9.46. The molecule has 0 aliphatic carbocycles. The van der Waals surface area contributed by atoms with Crippen molar-refractivity contribution in [2.45, 2.75) is 39.5 Å². The minimum Gasteiger partial charge on any atom is -0.0587 e. The first-order chi connectivity index (χ1) is 5.61. The zero-order valence-corrected chi connectivity index (χ0v) is 8.46. The first kappa shape index (κ1) is 9.31. The zero-order chi connectivity index (χ0) is 9.14. The second kappa shape index (κ2) is 3.75. The summed E-state index contributed by atoms with van der Waals surface area (Å²) in [4.78, 5) is 0. The maximum absolute atomic E-state index is 2.24. The summed E-state index contributed by atoms with van der Waals surface area (Å²) in [5.74, 6) is 1.29. The highest BCUT2D eigenvalue weighted by molar-refractivity contribution is 5.26. The van der Waals surface area contributed by atoms with Gasteiger partial charge in [-0.25, -0.2) is 0 Å². The van der Waals surface area contributed by atoms with Gasteiger partial charge < -0.3 is 0 Å². The van der Waals surface area contributed by atoms with Gasteiger partial charge in [0.15, 0.2) is 0 Å². The number of rotatable bonds is 2. The van der Waals surface area contributed by atoms with E-state index in [0.717, 1.165) is 0 Å². The highest BCUT2D eigenvalue weighted by Gasteiger charge is 2.00. The third kappa shape index (κ3) is 2.10. The van der Waals surface area contributed by atoms with Gasteiger partial charge in [-0.05, 0) is 23.0 Å². The molecule has 0 amide bonds. The van der Waals surface area contributed by atoms with Crippen LogP contribution >= 0.6 is 0 Å². The molecule has 0 radical (unpaired) electrons. The van der Waals surface area contributed by atoms with E-state index >= 15 is 0 Å². The molecule has 0 heterocycles. The van der Waals surface area contributed by atoms with E-state index in [-0.39, 0.29) is 1.43 Å². The summed E-state index contributed by atoms with van der Waals surface area (Å²) in [6.07, 6.45) is 0. The fourth-order valence-electron chi connectivity index (χ4n) is 1.27. The Labute approximate surface area is 77.1 Å². The molecule has 0 aliphatic heterocycles. The number of hydrogen-bond donors (Lipinski definition) is 0. The van der Waals surface area contributed by atoms with Crippen molar-refractivity contribution in [2.75, 3.05) is 0 Å². The minimum absolute atomic E-state index is 0. The Morgan fingerprint density at radius 1 is 0.750 bits per heavy atom. The van der Waals surface area contributed by atoms with Gasteiger partial charge in [-0.2, -0.15) is 0 Å². The molecular weight excluding hydrogens is 144 g/mol. The molecule has 0 bridgehead atoms. The highest BCUT2D eigenvalue weighted by atomic mass is 14.1. The summed E-state index contributed by atoms with van der Waals surface area (Å²) in [6, 6.07) is 8.94. The molecule has 12 heavy (non-hydrogen) atoms. The quantitative estimate of drug-likeness (QED) is 0.617. The maximum atomic E-state index is 2.24. The van der Waals surface area contributed by atoms with Gasteiger partial charge in [0, 0.05) is 0 Å². The van der Waals surface area contributed by atoms with Gasteiger partial charge in [0.25, 0.3) is 0 Å². The predicted octanol–water partition coefficient (Wildman–Crippen LogP) is 4.05. The smallest absolute Gasteiger partial charge is 0.0587 e. The van der Waals surface area contributed by atoms with Gasteiger partial charge >= 0.3 is 1.43 Å². The highest BCUT2D eigenvalue weighted by Crippen LogP contribution is 2.18. The van der Waals surface area contributed by atoms with E-state index in [1.807, 2.05) is 0 Å². The lowest BCUT2D eigenvalue weighted by atomic mass is 9.97. The lowest BCUT2D eigenvalue weighted by Gasteiger charge is -2.08. The van der Waals surface area contributed by atoms with E-state index in [2.05, 4.69) is 52.0 Å². The Hall–Kier alpha value is -0.780. The molecule has 0 atom stereocenters. The molecule has 0 aromatic heterocycles. The maximum Gasteiger partial charge on any atom is 1.00 e. The molecule has 0 fully saturated rings. The van der Waals surface area contributed by atoms with Gasteiger partial charge in [0.05, 0.1) is 0 Å². The lowest BCUT2D eigenvalue weighted by molar-refractivity contribution is 0.845. The molecule has 0 nitrogen and oxygen atoms in total. The van der Waals surface area contributed by atoms with E-state index < -0.39 is 0 Å². The largest absolute Gasteiger partial charge is 1.00 e. The topological polar surface area (TPSA) is 0 Å². The standard InChI is InChI=1S/C12H18/c1-9(2)11-5-7-12(8-6-11)10(3)4/h5-10H,1-4H3/p+1. The third-order valence-corrected chi connectivity index (χ3v) is 2.27. The van der Waals surface area contributed by atoms with Gasteiger partial charge in [-0.3, -0.25) is 0 Å². The fourth-order valence-corrected chi connectivity index (χ4v) is 1.27. The first-order valence-electron chi connectivity index (χ1n) is 4.71. The number of benzene rings is 1. The Kier molecular flexibility index (Phi) is 2.91. The van der Waals surface area contributed by atoms with Crippen LogP contribution in [-0.4, -0.2) is 0 Å². The summed E-state index contributed by atoms with van der Waals surface area (Å²) in [5.41, 5.74) is 2.86. The average molecular weight is 163 g/mol. The molecule has 0 N–H and O–H groups in total. The van der Waals surface area contributed by atoms with E-state index in [0.29, 0.717) is 11.8 Å². The SMILES string of the molecule is CC(C)c1ccc(C(C)C)cc1.[H+]. The average Bonchev–Trinajstić information content (AvgIpc) is 2.04. The molecule has 66 valence electrons. The van der Waals surface area contributed by atoms with E-state index in [1.165, 1.54) is 11.1 Å². The molecule has 0 saturated heterocycles. The van der Waals surface area contributed by atoms with Crippen molar-refractivity contribution < 1.29 is 1.43 Å². The van der Waals surface area contributed by atoms with Gasteiger partial charge in [-0.1, -0.05) is 52.0 Å². The van der Waals surface area contributed by atoms with Crippen LogP contribution in [0.3, 0.4) is 0 Å². The molecule has 0 aliphatic rings. The van der Waals surface area contributed by atoms with Gasteiger partial charge in [0.2, 0.25) is 0 Å². The Morgan fingerprint density at radius 3 is 1.17 bits per heavy atom. The molecular formula is C12H19+. The summed E-state index contributed by atoms with van der Waals surface area (Å²) < 4.78 is 0. The summed E-state index contributed by atoms with van der Waals surface area (Å²) >= 11 is 0. The van der Waals surface area contributed by atoms with Crippen LogP contribution in [0, 0.1) is 0 Å². The van der Waals surface area contributed by atoms with Crippen molar-refractivity contribution in [2.24, 2.45) is 0 Å². The van der Waals surface area contributed by atoms with Crippen LogP contribution in [0.25, 0.3) is 0 Å². The normalized spacial score (nSPS) is 11.2. The molecule has 0 spiro atoms. The summed E-state index contributed by atoms with van der Waals surface area (Å²) in [6.45, 7) is 8.91. The van der Waals surface area contributed by atoms with Crippen LogP contribution in [-0.2, 0) is 0 Å². The van der Waals surface area contributed by atoms with E-state index in [1.54, 1.807) is 0 Å². The van der Waals surface area contributed by atoms with Gasteiger partial charge in [0.1, 0.15) is 0 Å². The van der Waals surface area contributed by atoms with Crippen molar-refractivity contribution in [3.63, 3.8) is 0 Å². The van der Waals surface area contributed by atoms with Crippen LogP contribution in [0.4, 0.5) is 0 Å². The first-order valence-corrected chi connectivity index (χ1v) is 4.71. The third-order valence-electron chi connectivity index (χ3n) is 2.27. The van der Waals surface area contributed by atoms with Crippen molar-refractivity contribution in [1.82, 2.24) is 0 Å². The van der Waals surface area contributed by atoms with E-state index in [9.17, 15) is 0 Å². The second-order valence-corrected chi connectivity index (χ2v) is 3.98. The molecule has 0 unspecified atom stereocenters. The van der Waals surface area contributed by atoms with Crippen molar-refractivity contribution in [1.29, 1.82) is 0 Å². The Morgan fingerprint density at radius 2 is 1.00 bits per heavy atom.